The van der Waals surface area contributed by atoms with E-state index in [4.69, 9.17) is 0 Å². The van der Waals surface area contributed by atoms with Gasteiger partial charge in [0.15, 0.2) is 0 Å². The summed E-state index contributed by atoms with van der Waals surface area (Å²) in [6.45, 7) is 19.7. The Kier molecular flexibility index (Phi) is 21.6. The first-order valence-corrected chi connectivity index (χ1v) is 6.41. The highest BCUT2D eigenvalue weighted by molar-refractivity contribution is 4.54. The van der Waals surface area contributed by atoms with Crippen molar-refractivity contribution in [3.8, 4) is 0 Å². The monoisotopic (exact) mass is 202 g/mol. The zero-order chi connectivity index (χ0) is 12.1. The summed E-state index contributed by atoms with van der Waals surface area (Å²) in [7, 11) is 0. The first-order valence-electron chi connectivity index (χ1n) is 6.41. The SMILES string of the molecule is CC.CC(C)C.CCCC(C)C(C)C. The van der Waals surface area contributed by atoms with Crippen LogP contribution in [0.1, 0.15) is 75.2 Å². The average molecular weight is 202 g/mol. The average Bonchev–Trinajstić information content (AvgIpc) is 2.07. The van der Waals surface area contributed by atoms with Crippen LogP contribution in [0.15, 0.2) is 0 Å². The normalized spacial score (nSPS) is 11.4. The molecule has 0 fully saturated rings. The van der Waals surface area contributed by atoms with Gasteiger partial charge >= 0.3 is 0 Å². The van der Waals surface area contributed by atoms with Gasteiger partial charge in [-0.1, -0.05) is 75.2 Å². The third-order valence-corrected chi connectivity index (χ3v) is 1.88. The fourth-order valence-corrected chi connectivity index (χ4v) is 0.789. The van der Waals surface area contributed by atoms with Crippen LogP contribution in [0.3, 0.4) is 0 Å². The zero-order valence-corrected chi connectivity index (χ0v) is 12.1. The summed E-state index contributed by atoms with van der Waals surface area (Å²) >= 11 is 0. The molecule has 0 heteroatoms. The van der Waals surface area contributed by atoms with Crippen molar-refractivity contribution < 1.29 is 0 Å². The minimum Gasteiger partial charge on any atom is -0.0683 e. The van der Waals surface area contributed by atoms with Gasteiger partial charge in [0.2, 0.25) is 0 Å². The predicted molar refractivity (Wildman–Crippen MR) is 70.8 cm³/mol. The molecule has 0 aromatic rings. The molecule has 14 heavy (non-hydrogen) atoms. The second-order valence-electron chi connectivity index (χ2n) is 4.74. The molecule has 0 aliphatic carbocycles. The molecule has 0 rings (SSSR count). The molecule has 0 aliphatic rings. The van der Waals surface area contributed by atoms with Crippen LogP contribution in [0, 0.1) is 17.8 Å². The third-order valence-electron chi connectivity index (χ3n) is 1.88. The topological polar surface area (TPSA) is 0 Å². The largest absolute Gasteiger partial charge is 0.0683 e. The summed E-state index contributed by atoms with van der Waals surface area (Å²) in [6.07, 6.45) is 2.72. The summed E-state index contributed by atoms with van der Waals surface area (Å²) in [5, 5.41) is 0. The molecule has 0 heterocycles. The Morgan fingerprint density at radius 1 is 0.786 bits per heavy atom. The molecule has 0 aromatic heterocycles. The maximum atomic E-state index is 2.33. The van der Waals surface area contributed by atoms with E-state index in [0.29, 0.717) is 0 Å². The molecule has 0 radical (unpaired) electrons. The first kappa shape index (κ1) is 19.6. The summed E-state index contributed by atoms with van der Waals surface area (Å²) in [6, 6.07) is 0. The lowest BCUT2D eigenvalue weighted by Gasteiger charge is -2.12. The molecule has 0 saturated carbocycles. The van der Waals surface area contributed by atoms with Crippen LogP contribution < -0.4 is 0 Å². The molecule has 1 unspecified atom stereocenters. The Hall–Kier alpha value is 0. The van der Waals surface area contributed by atoms with Crippen LogP contribution in [0.2, 0.25) is 0 Å². The Bertz CT molecular complexity index is 69.4. The fraction of sp³-hybridized carbons (Fsp3) is 1.00. The van der Waals surface area contributed by atoms with Gasteiger partial charge in [-0.15, -0.1) is 0 Å². The molecular weight excluding hydrogens is 168 g/mol. The summed E-state index contributed by atoms with van der Waals surface area (Å²) in [5.74, 6) is 2.62. The van der Waals surface area contributed by atoms with E-state index in [1.54, 1.807) is 0 Å². The Morgan fingerprint density at radius 3 is 1.14 bits per heavy atom. The lowest BCUT2D eigenvalue weighted by Crippen LogP contribution is -2.02. The van der Waals surface area contributed by atoms with Gasteiger partial charge in [0.1, 0.15) is 0 Å². The van der Waals surface area contributed by atoms with E-state index in [-0.39, 0.29) is 0 Å². The van der Waals surface area contributed by atoms with E-state index in [9.17, 15) is 0 Å². The molecule has 0 aromatic carbocycles. The van der Waals surface area contributed by atoms with Crippen molar-refractivity contribution in [1.29, 1.82) is 0 Å². The van der Waals surface area contributed by atoms with Gasteiger partial charge in [0.25, 0.3) is 0 Å². The summed E-state index contributed by atoms with van der Waals surface area (Å²) in [4.78, 5) is 0. The van der Waals surface area contributed by atoms with Gasteiger partial charge in [-0.3, -0.25) is 0 Å². The van der Waals surface area contributed by atoms with Crippen LogP contribution >= 0.6 is 0 Å². The quantitative estimate of drug-likeness (QED) is 0.545. The first-order chi connectivity index (χ1) is 6.41. The molecule has 0 amide bonds. The highest BCUT2D eigenvalue weighted by atomic mass is 14.1. The van der Waals surface area contributed by atoms with Crippen LogP contribution in [0.4, 0.5) is 0 Å². The van der Waals surface area contributed by atoms with Crippen molar-refractivity contribution in [2.24, 2.45) is 17.8 Å². The molecule has 0 bridgehead atoms. The number of hydrogen-bond acceptors (Lipinski definition) is 0. The van der Waals surface area contributed by atoms with Gasteiger partial charge in [-0.05, 0) is 17.8 Å². The van der Waals surface area contributed by atoms with E-state index in [2.05, 4.69) is 48.5 Å². The minimum absolute atomic E-state index is 0.833. The van der Waals surface area contributed by atoms with Crippen molar-refractivity contribution in [2.45, 2.75) is 75.2 Å². The molecular formula is C14H34. The van der Waals surface area contributed by atoms with Gasteiger partial charge in [0.05, 0.1) is 0 Å². The van der Waals surface area contributed by atoms with Crippen LogP contribution in [0.25, 0.3) is 0 Å². The van der Waals surface area contributed by atoms with Crippen molar-refractivity contribution in [2.75, 3.05) is 0 Å². The molecule has 90 valence electrons. The Labute approximate surface area is 93.5 Å². The van der Waals surface area contributed by atoms with Crippen LogP contribution in [0.5, 0.6) is 0 Å². The summed E-state index contributed by atoms with van der Waals surface area (Å²) in [5.41, 5.74) is 0. The van der Waals surface area contributed by atoms with Gasteiger partial charge in [-0.25, -0.2) is 0 Å². The van der Waals surface area contributed by atoms with Crippen LogP contribution in [-0.2, 0) is 0 Å². The lowest BCUT2D eigenvalue weighted by atomic mass is 9.94. The summed E-state index contributed by atoms with van der Waals surface area (Å²) < 4.78 is 0. The maximum Gasteiger partial charge on any atom is -0.0420 e. The fourth-order valence-electron chi connectivity index (χ4n) is 0.789. The van der Waals surface area contributed by atoms with E-state index in [1.165, 1.54) is 12.8 Å². The van der Waals surface area contributed by atoms with Crippen molar-refractivity contribution in [1.82, 2.24) is 0 Å². The number of rotatable bonds is 3. The number of hydrogen-bond donors (Lipinski definition) is 0. The van der Waals surface area contributed by atoms with Crippen molar-refractivity contribution in [3.63, 3.8) is 0 Å². The highest BCUT2D eigenvalue weighted by Crippen LogP contribution is 2.14. The zero-order valence-electron chi connectivity index (χ0n) is 12.1. The Morgan fingerprint density at radius 2 is 1.07 bits per heavy atom. The minimum atomic E-state index is 0.833. The van der Waals surface area contributed by atoms with E-state index >= 15 is 0 Å². The van der Waals surface area contributed by atoms with E-state index in [1.807, 2.05) is 13.8 Å². The molecule has 0 spiro atoms. The molecule has 1 atom stereocenters. The molecule has 0 nitrogen and oxygen atoms in total. The second kappa shape index (κ2) is 15.5. The Balaban J connectivity index is -0.000000170. The van der Waals surface area contributed by atoms with E-state index < -0.39 is 0 Å². The van der Waals surface area contributed by atoms with E-state index in [0.717, 1.165) is 17.8 Å². The molecule has 0 saturated heterocycles. The smallest absolute Gasteiger partial charge is 0.0420 e. The van der Waals surface area contributed by atoms with Crippen molar-refractivity contribution in [3.05, 3.63) is 0 Å². The van der Waals surface area contributed by atoms with Gasteiger partial charge in [0, 0.05) is 0 Å². The standard InChI is InChI=1S/C8H18.C4H10.C2H6/c1-5-6-8(4)7(2)3;1-4(2)3;1-2/h7-8H,5-6H2,1-4H3;4H,1-3H3;1-2H3. The predicted octanol–water partition coefficient (Wildman–Crippen LogP) is 5.77. The molecule has 0 N–H and O–H groups in total. The van der Waals surface area contributed by atoms with Crippen LogP contribution in [-0.4, -0.2) is 0 Å². The highest BCUT2D eigenvalue weighted by Gasteiger charge is 2.03. The van der Waals surface area contributed by atoms with Gasteiger partial charge < -0.3 is 0 Å². The molecule has 0 aliphatic heterocycles. The maximum absolute atomic E-state index is 2.33. The second-order valence-corrected chi connectivity index (χ2v) is 4.74. The van der Waals surface area contributed by atoms with Crippen molar-refractivity contribution >= 4 is 0 Å². The lowest BCUT2D eigenvalue weighted by molar-refractivity contribution is 0.389. The van der Waals surface area contributed by atoms with Gasteiger partial charge in [-0.2, -0.15) is 0 Å². The third kappa shape index (κ3) is 29.6.